The van der Waals surface area contributed by atoms with E-state index in [0.717, 1.165) is 11.1 Å². The number of nitrogens with one attached hydrogen (secondary N) is 1. The fourth-order valence-corrected chi connectivity index (χ4v) is 1.25. The van der Waals surface area contributed by atoms with Crippen molar-refractivity contribution in [1.29, 1.82) is 0 Å². The van der Waals surface area contributed by atoms with Crippen molar-refractivity contribution < 1.29 is 4.79 Å². The van der Waals surface area contributed by atoms with E-state index in [1.165, 1.54) is 6.08 Å². The molecule has 0 spiro atoms. The predicted molar refractivity (Wildman–Crippen MR) is 57.4 cm³/mol. The molecule has 4 heteroatoms. The summed E-state index contributed by atoms with van der Waals surface area (Å²) in [7, 11) is 0. The molecule has 1 aromatic rings. The fraction of sp³-hybridized carbons (Fsp3) is 0.100. The molecule has 3 N–H and O–H groups in total. The Hall–Kier alpha value is -1.32. The Bertz CT molecular complexity index is 374. The van der Waals surface area contributed by atoms with E-state index in [9.17, 15) is 4.79 Å². The summed E-state index contributed by atoms with van der Waals surface area (Å²) in [6.45, 7) is 1.82. The second-order valence-electron chi connectivity index (χ2n) is 2.85. The van der Waals surface area contributed by atoms with Gasteiger partial charge < -0.3 is 0 Å². The number of rotatable bonds is 2. The number of carbonyl (C=O) groups excluding carboxylic acids is 1. The van der Waals surface area contributed by atoms with Crippen molar-refractivity contribution in [3.8, 4) is 0 Å². The van der Waals surface area contributed by atoms with Gasteiger partial charge in [0.05, 0.1) is 0 Å². The molecule has 1 amide bonds. The molecule has 0 saturated heterocycles. The predicted octanol–water partition coefficient (Wildman–Crippen LogP) is 1.73. The van der Waals surface area contributed by atoms with E-state index in [4.69, 9.17) is 17.4 Å². The summed E-state index contributed by atoms with van der Waals surface area (Å²) in [6.07, 6.45) is 1.42. The quantitative estimate of drug-likeness (QED) is 0.338. The molecule has 74 valence electrons. The Morgan fingerprint density at radius 3 is 2.86 bits per heavy atom. The molecule has 0 heterocycles. The van der Waals surface area contributed by atoms with Crippen LogP contribution < -0.4 is 11.3 Å². The molecule has 0 aliphatic heterocycles. The molecule has 0 unspecified atom stereocenters. The lowest BCUT2D eigenvalue weighted by Crippen LogP contribution is -2.28. The summed E-state index contributed by atoms with van der Waals surface area (Å²) >= 11 is 5.81. The Morgan fingerprint density at radius 2 is 2.29 bits per heavy atom. The summed E-state index contributed by atoms with van der Waals surface area (Å²) in [5.41, 5.74) is 3.75. The maximum Gasteiger partial charge on any atom is 0.258 e. The van der Waals surface area contributed by atoms with Crippen LogP contribution in [0.1, 0.15) is 12.5 Å². The highest BCUT2D eigenvalue weighted by molar-refractivity contribution is 6.30. The number of hydrogen-bond donors (Lipinski definition) is 2. The third kappa shape index (κ3) is 2.87. The summed E-state index contributed by atoms with van der Waals surface area (Å²) in [5, 5.41) is 0.642. The molecule has 3 nitrogen and oxygen atoms in total. The van der Waals surface area contributed by atoms with E-state index in [0.29, 0.717) is 5.02 Å². The number of carbonyl (C=O) groups is 1. The van der Waals surface area contributed by atoms with Crippen molar-refractivity contribution >= 4 is 23.1 Å². The van der Waals surface area contributed by atoms with Gasteiger partial charge in [0.25, 0.3) is 5.91 Å². The van der Waals surface area contributed by atoms with Crippen molar-refractivity contribution in [2.45, 2.75) is 6.92 Å². The molecule has 0 saturated carbocycles. The molecule has 1 aromatic carbocycles. The maximum absolute atomic E-state index is 10.9. The van der Waals surface area contributed by atoms with E-state index < -0.39 is 0 Å². The second-order valence-corrected chi connectivity index (χ2v) is 3.28. The minimum absolute atomic E-state index is 0.331. The van der Waals surface area contributed by atoms with Crippen LogP contribution in [0.5, 0.6) is 0 Å². The number of allylic oxidation sites excluding steroid dienone is 1. The number of nitrogens with two attached hydrogens (primary N) is 1. The van der Waals surface area contributed by atoms with Crippen LogP contribution >= 0.6 is 11.6 Å². The first-order valence-corrected chi connectivity index (χ1v) is 4.46. The molecule has 0 aromatic heterocycles. The molecular weight excluding hydrogens is 200 g/mol. The third-order valence-electron chi connectivity index (χ3n) is 1.77. The first kappa shape index (κ1) is 10.8. The van der Waals surface area contributed by atoms with E-state index in [2.05, 4.69) is 0 Å². The molecule has 0 aliphatic rings. The topological polar surface area (TPSA) is 55.1 Å². The highest BCUT2D eigenvalue weighted by atomic mass is 35.5. The largest absolute Gasteiger partial charge is 0.291 e. The van der Waals surface area contributed by atoms with Gasteiger partial charge >= 0.3 is 0 Å². The van der Waals surface area contributed by atoms with Crippen LogP contribution in [0.15, 0.2) is 30.3 Å². The van der Waals surface area contributed by atoms with Gasteiger partial charge in [0, 0.05) is 11.1 Å². The first-order valence-electron chi connectivity index (χ1n) is 4.08. The fourth-order valence-electron chi connectivity index (χ4n) is 1.06. The summed E-state index contributed by atoms with van der Waals surface area (Å²) < 4.78 is 0. The average molecular weight is 211 g/mol. The van der Waals surface area contributed by atoms with Crippen molar-refractivity contribution in [2.75, 3.05) is 0 Å². The zero-order valence-corrected chi connectivity index (χ0v) is 8.51. The smallest absolute Gasteiger partial charge is 0.258 e. The van der Waals surface area contributed by atoms with Crippen molar-refractivity contribution in [2.24, 2.45) is 5.84 Å². The molecule has 0 fully saturated rings. The number of halogens is 1. The Morgan fingerprint density at radius 1 is 1.57 bits per heavy atom. The number of hydrazine groups is 1. The zero-order chi connectivity index (χ0) is 10.6. The highest BCUT2D eigenvalue weighted by Gasteiger charge is 1.99. The van der Waals surface area contributed by atoms with Crippen LogP contribution in [0.25, 0.3) is 5.57 Å². The van der Waals surface area contributed by atoms with Crippen molar-refractivity contribution in [3.05, 3.63) is 40.9 Å². The van der Waals surface area contributed by atoms with E-state index in [-0.39, 0.29) is 5.91 Å². The SMILES string of the molecule is C/C(=C/C(=O)NN)c1cccc(Cl)c1. The second kappa shape index (κ2) is 4.79. The molecule has 0 aliphatic carbocycles. The molecule has 0 atom stereocenters. The normalized spacial score (nSPS) is 11.2. The lowest BCUT2D eigenvalue weighted by molar-refractivity contribution is -0.116. The van der Waals surface area contributed by atoms with E-state index >= 15 is 0 Å². The van der Waals surface area contributed by atoms with Gasteiger partial charge in [-0.1, -0.05) is 23.7 Å². The van der Waals surface area contributed by atoms with Crippen molar-refractivity contribution in [3.63, 3.8) is 0 Å². The van der Waals surface area contributed by atoms with Crippen LogP contribution in [-0.4, -0.2) is 5.91 Å². The Kier molecular flexibility index (Phi) is 3.68. The van der Waals surface area contributed by atoms with Crippen LogP contribution in [0.4, 0.5) is 0 Å². The average Bonchev–Trinajstić information content (AvgIpc) is 2.17. The van der Waals surface area contributed by atoms with Gasteiger partial charge in [-0.25, -0.2) is 5.84 Å². The van der Waals surface area contributed by atoms with Gasteiger partial charge in [0.2, 0.25) is 0 Å². The van der Waals surface area contributed by atoms with Gasteiger partial charge in [-0.2, -0.15) is 0 Å². The van der Waals surface area contributed by atoms with E-state index in [1.807, 2.05) is 24.5 Å². The van der Waals surface area contributed by atoms with Gasteiger partial charge in [0.1, 0.15) is 0 Å². The molecular formula is C10H11ClN2O. The van der Waals surface area contributed by atoms with Gasteiger partial charge in [-0.05, 0) is 30.2 Å². The van der Waals surface area contributed by atoms with Crippen LogP contribution in [0, 0.1) is 0 Å². The summed E-state index contributed by atoms with van der Waals surface area (Å²) in [6, 6.07) is 7.27. The third-order valence-corrected chi connectivity index (χ3v) is 2.00. The first-order chi connectivity index (χ1) is 6.63. The lowest BCUT2D eigenvalue weighted by atomic mass is 10.1. The Labute approximate surface area is 87.5 Å². The maximum atomic E-state index is 10.9. The van der Waals surface area contributed by atoms with Gasteiger partial charge in [0.15, 0.2) is 0 Å². The number of benzene rings is 1. The van der Waals surface area contributed by atoms with Crippen LogP contribution in [0.3, 0.4) is 0 Å². The van der Waals surface area contributed by atoms with Crippen LogP contribution in [-0.2, 0) is 4.79 Å². The molecule has 0 bridgehead atoms. The van der Waals surface area contributed by atoms with Gasteiger partial charge in [-0.15, -0.1) is 0 Å². The monoisotopic (exact) mass is 210 g/mol. The minimum Gasteiger partial charge on any atom is -0.291 e. The zero-order valence-electron chi connectivity index (χ0n) is 7.75. The van der Waals surface area contributed by atoms with E-state index in [1.54, 1.807) is 12.1 Å². The Balaban J connectivity index is 2.94. The number of amides is 1. The lowest BCUT2D eigenvalue weighted by Gasteiger charge is -2.01. The highest BCUT2D eigenvalue weighted by Crippen LogP contribution is 2.17. The standard InChI is InChI=1S/C10H11ClN2O/c1-7(5-10(14)13-12)8-3-2-4-9(11)6-8/h2-6H,12H2,1H3,(H,13,14)/b7-5-. The summed E-state index contributed by atoms with van der Waals surface area (Å²) in [4.78, 5) is 10.9. The van der Waals surface area contributed by atoms with Crippen molar-refractivity contribution in [1.82, 2.24) is 5.43 Å². The molecule has 14 heavy (non-hydrogen) atoms. The molecule has 0 radical (unpaired) electrons. The number of hydrogen-bond acceptors (Lipinski definition) is 2. The molecule has 1 rings (SSSR count). The minimum atomic E-state index is -0.331. The van der Waals surface area contributed by atoms with Crippen LogP contribution in [0.2, 0.25) is 5.02 Å². The van der Waals surface area contributed by atoms with Gasteiger partial charge in [-0.3, -0.25) is 10.2 Å². The summed E-state index contributed by atoms with van der Waals surface area (Å²) in [5.74, 6) is 4.63.